The summed E-state index contributed by atoms with van der Waals surface area (Å²) in [6.45, 7) is 3.79. The van der Waals surface area contributed by atoms with Crippen LogP contribution in [0.25, 0.3) is 10.9 Å². The molecular formula is C18H18N2O3S. The van der Waals surface area contributed by atoms with E-state index in [-0.39, 0.29) is 4.90 Å². The molecule has 0 unspecified atom stereocenters. The number of benzene rings is 2. The number of sulfonamides is 1. The molecule has 1 N–H and O–H groups in total. The number of methoxy groups -OCH3 is 1. The summed E-state index contributed by atoms with van der Waals surface area (Å²) in [6, 6.07) is 12.3. The van der Waals surface area contributed by atoms with Gasteiger partial charge in [-0.25, -0.2) is 8.42 Å². The molecule has 0 saturated heterocycles. The molecule has 124 valence electrons. The van der Waals surface area contributed by atoms with Crippen molar-refractivity contribution in [3.05, 3.63) is 59.8 Å². The molecule has 0 spiro atoms. The quantitative estimate of drug-likeness (QED) is 0.785. The molecule has 0 bridgehead atoms. The van der Waals surface area contributed by atoms with Gasteiger partial charge < -0.3 is 4.74 Å². The summed E-state index contributed by atoms with van der Waals surface area (Å²) in [7, 11) is -2.33. The van der Waals surface area contributed by atoms with Crippen LogP contribution in [0.4, 0.5) is 5.69 Å². The number of hydrogen-bond donors (Lipinski definition) is 1. The lowest BCUT2D eigenvalue weighted by atomic mass is 10.1. The fourth-order valence-electron chi connectivity index (χ4n) is 2.52. The maximum Gasteiger partial charge on any atom is 0.265 e. The topological polar surface area (TPSA) is 68.3 Å². The van der Waals surface area contributed by atoms with Gasteiger partial charge in [-0.2, -0.15) is 0 Å². The summed E-state index contributed by atoms with van der Waals surface area (Å²) in [5.41, 5.74) is 3.07. The molecular weight excluding hydrogens is 324 g/mol. The zero-order valence-electron chi connectivity index (χ0n) is 13.7. The van der Waals surface area contributed by atoms with Crippen molar-refractivity contribution in [2.75, 3.05) is 11.8 Å². The zero-order chi connectivity index (χ0) is 17.3. The first-order valence-electron chi connectivity index (χ1n) is 7.44. The Morgan fingerprint density at radius 2 is 1.79 bits per heavy atom. The van der Waals surface area contributed by atoms with Crippen molar-refractivity contribution in [1.29, 1.82) is 0 Å². The molecule has 3 rings (SSSR count). The van der Waals surface area contributed by atoms with Crippen molar-refractivity contribution in [3.63, 3.8) is 0 Å². The number of anilines is 1. The number of pyridine rings is 1. The molecule has 0 radical (unpaired) electrons. The lowest BCUT2D eigenvalue weighted by Crippen LogP contribution is -2.15. The fraction of sp³-hybridized carbons (Fsp3) is 0.167. The minimum absolute atomic E-state index is 0.119. The normalized spacial score (nSPS) is 11.5. The van der Waals surface area contributed by atoms with Crippen molar-refractivity contribution in [2.24, 2.45) is 0 Å². The minimum atomic E-state index is -3.79. The molecule has 1 aromatic heterocycles. The van der Waals surface area contributed by atoms with E-state index in [2.05, 4.69) is 9.71 Å². The molecule has 3 aromatic rings. The standard InChI is InChI=1S/C18H18N2O3S/c1-12-10-17(23-3)18(11-13(12)2)24(21,22)20-16-8-4-7-15-14(16)6-5-9-19-15/h4-11,20H,1-3H3. The summed E-state index contributed by atoms with van der Waals surface area (Å²) in [5, 5.41) is 0.742. The van der Waals surface area contributed by atoms with Crippen molar-refractivity contribution < 1.29 is 13.2 Å². The zero-order valence-corrected chi connectivity index (χ0v) is 14.5. The van der Waals surface area contributed by atoms with Crippen molar-refractivity contribution in [3.8, 4) is 5.75 Å². The Balaban J connectivity index is 2.11. The fourth-order valence-corrected chi connectivity index (χ4v) is 3.84. The van der Waals surface area contributed by atoms with Gasteiger partial charge >= 0.3 is 0 Å². The second-order valence-electron chi connectivity index (χ2n) is 5.57. The van der Waals surface area contributed by atoms with E-state index in [1.807, 2.05) is 26.0 Å². The number of ether oxygens (including phenoxy) is 1. The Morgan fingerprint density at radius 3 is 2.54 bits per heavy atom. The number of nitrogens with zero attached hydrogens (tertiary/aromatic N) is 1. The van der Waals surface area contributed by atoms with E-state index in [9.17, 15) is 8.42 Å². The van der Waals surface area contributed by atoms with Crippen LogP contribution in [0.5, 0.6) is 5.75 Å². The molecule has 0 amide bonds. The van der Waals surface area contributed by atoms with Crippen molar-refractivity contribution in [1.82, 2.24) is 4.98 Å². The second-order valence-corrected chi connectivity index (χ2v) is 7.22. The smallest absolute Gasteiger partial charge is 0.265 e. The number of aryl methyl sites for hydroxylation is 2. The summed E-state index contributed by atoms with van der Waals surface area (Å²) >= 11 is 0. The molecule has 6 heteroatoms. The predicted octanol–water partition coefficient (Wildman–Crippen LogP) is 3.66. The summed E-state index contributed by atoms with van der Waals surface area (Å²) in [6.07, 6.45) is 1.67. The molecule has 24 heavy (non-hydrogen) atoms. The molecule has 0 aliphatic rings. The van der Waals surface area contributed by atoms with E-state index in [0.29, 0.717) is 11.4 Å². The summed E-state index contributed by atoms with van der Waals surface area (Å²) < 4.78 is 33.7. The Kier molecular flexibility index (Phi) is 4.15. The summed E-state index contributed by atoms with van der Waals surface area (Å²) in [4.78, 5) is 4.36. The molecule has 0 aliphatic heterocycles. The largest absolute Gasteiger partial charge is 0.495 e. The van der Waals surface area contributed by atoms with Crippen LogP contribution in [-0.2, 0) is 10.0 Å². The van der Waals surface area contributed by atoms with Crippen molar-refractivity contribution >= 4 is 26.6 Å². The Bertz CT molecular complexity index is 1010. The van der Waals surface area contributed by atoms with E-state index >= 15 is 0 Å². The average molecular weight is 342 g/mol. The van der Waals surface area contributed by atoms with Crippen LogP contribution in [0.1, 0.15) is 11.1 Å². The average Bonchev–Trinajstić information content (AvgIpc) is 2.57. The van der Waals surface area contributed by atoms with Crippen LogP contribution in [0, 0.1) is 13.8 Å². The highest BCUT2D eigenvalue weighted by molar-refractivity contribution is 7.92. The third-order valence-electron chi connectivity index (χ3n) is 3.96. The van der Waals surface area contributed by atoms with E-state index in [1.165, 1.54) is 7.11 Å². The maximum atomic E-state index is 12.9. The molecule has 0 aliphatic carbocycles. The van der Waals surface area contributed by atoms with Gasteiger partial charge in [0.1, 0.15) is 10.6 Å². The number of fused-ring (bicyclic) bond motifs is 1. The highest BCUT2D eigenvalue weighted by atomic mass is 32.2. The summed E-state index contributed by atoms with van der Waals surface area (Å²) in [5.74, 6) is 0.323. The third-order valence-corrected chi connectivity index (χ3v) is 5.35. The molecule has 0 atom stereocenters. The number of rotatable bonds is 4. The van der Waals surface area contributed by atoms with Gasteiger partial charge in [0.15, 0.2) is 0 Å². The van der Waals surface area contributed by atoms with Gasteiger partial charge in [-0.15, -0.1) is 0 Å². The van der Waals surface area contributed by atoms with Crippen LogP contribution in [0.2, 0.25) is 0 Å². The predicted molar refractivity (Wildman–Crippen MR) is 95.0 cm³/mol. The number of nitrogens with one attached hydrogen (secondary N) is 1. The molecule has 5 nitrogen and oxygen atoms in total. The number of hydrogen-bond acceptors (Lipinski definition) is 4. The first kappa shape index (κ1) is 16.3. The van der Waals surface area contributed by atoms with E-state index in [1.54, 1.807) is 36.5 Å². The highest BCUT2D eigenvalue weighted by Crippen LogP contribution is 2.30. The molecule has 0 saturated carbocycles. The SMILES string of the molecule is COc1cc(C)c(C)cc1S(=O)(=O)Nc1cccc2ncccc12. The van der Waals surface area contributed by atoms with Gasteiger partial charge in [0, 0.05) is 11.6 Å². The van der Waals surface area contributed by atoms with Crippen LogP contribution in [0.3, 0.4) is 0 Å². The maximum absolute atomic E-state index is 12.9. The van der Waals surface area contributed by atoms with Gasteiger partial charge in [0.2, 0.25) is 0 Å². The first-order chi connectivity index (χ1) is 11.4. The number of aromatic nitrogens is 1. The van der Waals surface area contributed by atoms with Gasteiger partial charge in [0.05, 0.1) is 18.3 Å². The monoisotopic (exact) mass is 342 g/mol. The van der Waals surface area contributed by atoms with Crippen LogP contribution < -0.4 is 9.46 Å². The van der Waals surface area contributed by atoms with Gasteiger partial charge in [-0.3, -0.25) is 9.71 Å². The highest BCUT2D eigenvalue weighted by Gasteiger charge is 2.21. The van der Waals surface area contributed by atoms with E-state index in [4.69, 9.17) is 4.74 Å². The second kappa shape index (κ2) is 6.13. The Labute approximate surface area is 141 Å². The first-order valence-corrected chi connectivity index (χ1v) is 8.92. The molecule has 0 fully saturated rings. The van der Waals surface area contributed by atoms with E-state index < -0.39 is 10.0 Å². The molecule has 1 heterocycles. The minimum Gasteiger partial charge on any atom is -0.495 e. The Morgan fingerprint density at radius 1 is 1.04 bits per heavy atom. The third kappa shape index (κ3) is 2.92. The van der Waals surface area contributed by atoms with Crippen molar-refractivity contribution in [2.45, 2.75) is 18.7 Å². The van der Waals surface area contributed by atoms with Crippen LogP contribution in [-0.4, -0.2) is 20.5 Å². The van der Waals surface area contributed by atoms with E-state index in [0.717, 1.165) is 22.0 Å². The Hall–Kier alpha value is -2.60. The van der Waals surface area contributed by atoms with Gasteiger partial charge in [-0.05, 0) is 61.4 Å². The van der Waals surface area contributed by atoms with Gasteiger partial charge in [-0.1, -0.05) is 6.07 Å². The lowest BCUT2D eigenvalue weighted by Gasteiger charge is -2.14. The lowest BCUT2D eigenvalue weighted by molar-refractivity contribution is 0.402. The molecule has 2 aromatic carbocycles. The van der Waals surface area contributed by atoms with Crippen LogP contribution in [0.15, 0.2) is 53.6 Å². The van der Waals surface area contributed by atoms with Crippen LogP contribution >= 0.6 is 0 Å². The van der Waals surface area contributed by atoms with Gasteiger partial charge in [0.25, 0.3) is 10.0 Å².